The van der Waals surface area contributed by atoms with Crippen molar-refractivity contribution in [2.45, 2.75) is 38.1 Å². The monoisotopic (exact) mass is 286 g/mol. The fourth-order valence-electron chi connectivity index (χ4n) is 2.93. The first kappa shape index (κ1) is 13.7. The molecule has 0 unspecified atom stereocenters. The number of pyridine rings is 1. The van der Waals surface area contributed by atoms with Crippen molar-refractivity contribution in [3.8, 4) is 5.75 Å². The Hall–Kier alpha value is -2.30. The van der Waals surface area contributed by atoms with Gasteiger partial charge >= 0.3 is 0 Å². The van der Waals surface area contributed by atoms with Crippen LogP contribution in [0.3, 0.4) is 0 Å². The number of carbonyl (C=O) groups is 1. The first-order chi connectivity index (χ1) is 10.2. The average Bonchev–Trinajstić information content (AvgIpc) is 2.52. The molecule has 5 heteroatoms. The van der Waals surface area contributed by atoms with E-state index in [0.717, 1.165) is 25.7 Å². The lowest BCUT2D eigenvalue weighted by atomic mass is 9.95. The Balaban J connectivity index is 1.94. The molecule has 1 amide bonds. The molecule has 0 aliphatic heterocycles. The van der Waals surface area contributed by atoms with Crippen LogP contribution in [0.15, 0.2) is 29.1 Å². The third-order valence-electron chi connectivity index (χ3n) is 4.07. The van der Waals surface area contributed by atoms with Crippen molar-refractivity contribution < 1.29 is 9.90 Å². The molecule has 1 fully saturated rings. The normalized spacial score (nSPS) is 16.0. The molecule has 1 aromatic heterocycles. The molecule has 1 heterocycles. The highest BCUT2D eigenvalue weighted by Crippen LogP contribution is 2.25. The quantitative estimate of drug-likeness (QED) is 0.792. The minimum absolute atomic E-state index is 0.0516. The number of aromatic hydroxyl groups is 1. The average molecular weight is 286 g/mol. The van der Waals surface area contributed by atoms with Gasteiger partial charge in [-0.15, -0.1) is 0 Å². The van der Waals surface area contributed by atoms with Crippen LogP contribution < -0.4 is 10.9 Å². The van der Waals surface area contributed by atoms with Gasteiger partial charge in [-0.25, -0.2) is 0 Å². The molecule has 0 atom stereocenters. The van der Waals surface area contributed by atoms with Gasteiger partial charge in [0, 0.05) is 11.4 Å². The van der Waals surface area contributed by atoms with E-state index in [9.17, 15) is 14.7 Å². The van der Waals surface area contributed by atoms with Crippen LogP contribution in [-0.4, -0.2) is 22.0 Å². The van der Waals surface area contributed by atoms with Gasteiger partial charge in [-0.3, -0.25) is 9.59 Å². The molecular formula is C16H18N2O3. The summed E-state index contributed by atoms with van der Waals surface area (Å²) in [7, 11) is 0. The first-order valence-corrected chi connectivity index (χ1v) is 7.31. The highest BCUT2D eigenvalue weighted by atomic mass is 16.3. The predicted molar refractivity (Wildman–Crippen MR) is 80.6 cm³/mol. The molecule has 1 aliphatic carbocycles. The van der Waals surface area contributed by atoms with Crippen molar-refractivity contribution in [1.82, 2.24) is 10.3 Å². The second-order valence-electron chi connectivity index (χ2n) is 5.53. The zero-order chi connectivity index (χ0) is 14.8. The van der Waals surface area contributed by atoms with Gasteiger partial charge in [-0.2, -0.15) is 0 Å². The largest absolute Gasteiger partial charge is 0.505 e. The summed E-state index contributed by atoms with van der Waals surface area (Å²) < 4.78 is 0. The summed E-state index contributed by atoms with van der Waals surface area (Å²) in [5.41, 5.74) is -0.415. The second-order valence-corrected chi connectivity index (χ2v) is 5.53. The van der Waals surface area contributed by atoms with Gasteiger partial charge < -0.3 is 15.4 Å². The van der Waals surface area contributed by atoms with Crippen molar-refractivity contribution in [3.63, 3.8) is 0 Å². The van der Waals surface area contributed by atoms with Gasteiger partial charge in [0.2, 0.25) is 0 Å². The molecule has 0 bridgehead atoms. The maximum absolute atomic E-state index is 12.3. The van der Waals surface area contributed by atoms with Crippen LogP contribution in [0.5, 0.6) is 5.75 Å². The maximum Gasteiger partial charge on any atom is 0.271 e. The number of hydrogen-bond acceptors (Lipinski definition) is 3. The summed E-state index contributed by atoms with van der Waals surface area (Å²) >= 11 is 0. The molecule has 5 nitrogen and oxygen atoms in total. The highest BCUT2D eigenvalue weighted by molar-refractivity contribution is 6.01. The number of aromatic amines is 1. The molecule has 1 aromatic carbocycles. The number of benzene rings is 1. The zero-order valence-electron chi connectivity index (χ0n) is 11.7. The summed E-state index contributed by atoms with van der Waals surface area (Å²) in [5.74, 6) is -0.583. The summed E-state index contributed by atoms with van der Waals surface area (Å²) in [6, 6.07) is 6.83. The Kier molecular flexibility index (Phi) is 3.64. The maximum atomic E-state index is 12.3. The molecule has 110 valence electrons. The number of amides is 1. The second kappa shape index (κ2) is 5.60. The first-order valence-electron chi connectivity index (χ1n) is 7.31. The Morgan fingerprint density at radius 1 is 1.14 bits per heavy atom. The number of nitrogens with one attached hydrogen (secondary N) is 2. The van der Waals surface area contributed by atoms with Crippen molar-refractivity contribution >= 4 is 16.7 Å². The van der Waals surface area contributed by atoms with Crippen LogP contribution in [-0.2, 0) is 0 Å². The molecule has 2 aromatic rings. The summed E-state index contributed by atoms with van der Waals surface area (Å²) in [5, 5.41) is 13.9. The lowest BCUT2D eigenvalue weighted by molar-refractivity contribution is 0.0919. The van der Waals surface area contributed by atoms with Crippen molar-refractivity contribution in [2.75, 3.05) is 0 Å². The highest BCUT2D eigenvalue weighted by Gasteiger charge is 2.21. The molecule has 1 saturated carbocycles. The fraction of sp³-hybridized carbons (Fsp3) is 0.375. The summed E-state index contributed by atoms with van der Waals surface area (Å²) in [6.45, 7) is 0. The van der Waals surface area contributed by atoms with Gasteiger partial charge in [0.1, 0.15) is 5.69 Å². The standard InChI is InChI=1S/C16H18N2O3/c19-14-11-8-4-5-9-12(11)15(20)18-13(14)16(21)17-10-6-2-1-3-7-10/h4-5,8-10,19H,1-3,6-7H2,(H,17,21)(H,18,20). The lowest BCUT2D eigenvalue weighted by Gasteiger charge is -2.22. The predicted octanol–water partition coefficient (Wildman–Crippen LogP) is 2.30. The molecule has 3 N–H and O–H groups in total. The number of hydrogen-bond donors (Lipinski definition) is 3. The lowest BCUT2D eigenvalue weighted by Crippen LogP contribution is -2.37. The van der Waals surface area contributed by atoms with Gasteiger partial charge in [0.25, 0.3) is 11.5 Å². The molecule has 1 aliphatic rings. The third kappa shape index (κ3) is 2.63. The molecule has 0 saturated heterocycles. The molecule has 21 heavy (non-hydrogen) atoms. The number of aromatic nitrogens is 1. The van der Waals surface area contributed by atoms with Crippen LogP contribution in [0.25, 0.3) is 10.8 Å². The fourth-order valence-corrected chi connectivity index (χ4v) is 2.93. The van der Waals surface area contributed by atoms with Gasteiger partial charge in [-0.05, 0) is 18.9 Å². The van der Waals surface area contributed by atoms with Crippen LogP contribution in [0.2, 0.25) is 0 Å². The topological polar surface area (TPSA) is 82.2 Å². The van der Waals surface area contributed by atoms with Crippen LogP contribution in [0.4, 0.5) is 0 Å². The minimum Gasteiger partial charge on any atom is -0.505 e. The molecule has 0 radical (unpaired) electrons. The molecule has 3 rings (SSSR count). The van der Waals surface area contributed by atoms with Crippen molar-refractivity contribution in [1.29, 1.82) is 0 Å². The number of fused-ring (bicyclic) bond motifs is 1. The molecular weight excluding hydrogens is 268 g/mol. The van der Waals surface area contributed by atoms with Crippen LogP contribution >= 0.6 is 0 Å². The van der Waals surface area contributed by atoms with Crippen molar-refractivity contribution in [2.24, 2.45) is 0 Å². The number of carbonyl (C=O) groups excluding carboxylic acids is 1. The summed E-state index contributed by atoms with van der Waals surface area (Å²) in [4.78, 5) is 26.8. The van der Waals surface area contributed by atoms with Gasteiger partial charge in [-0.1, -0.05) is 37.5 Å². The summed E-state index contributed by atoms with van der Waals surface area (Å²) in [6.07, 6.45) is 5.30. The smallest absolute Gasteiger partial charge is 0.271 e. The van der Waals surface area contributed by atoms with Crippen LogP contribution in [0, 0.1) is 0 Å². The van der Waals surface area contributed by atoms with E-state index in [2.05, 4.69) is 10.3 Å². The minimum atomic E-state index is -0.415. The zero-order valence-corrected chi connectivity index (χ0v) is 11.7. The Labute approximate surface area is 122 Å². The van der Waals surface area contributed by atoms with Crippen LogP contribution in [0.1, 0.15) is 42.6 Å². The van der Waals surface area contributed by atoms with E-state index in [-0.39, 0.29) is 23.0 Å². The van der Waals surface area contributed by atoms with E-state index in [4.69, 9.17) is 0 Å². The van der Waals surface area contributed by atoms with Crippen molar-refractivity contribution in [3.05, 3.63) is 40.3 Å². The third-order valence-corrected chi connectivity index (χ3v) is 4.07. The van der Waals surface area contributed by atoms with E-state index in [0.29, 0.717) is 10.8 Å². The van der Waals surface area contributed by atoms with E-state index in [1.807, 2.05) is 0 Å². The van der Waals surface area contributed by atoms with Gasteiger partial charge in [0.15, 0.2) is 5.75 Å². The number of rotatable bonds is 2. The SMILES string of the molecule is O=C(NC1CCCCC1)c1[nH]c(=O)c2ccccc2c1O. The Morgan fingerprint density at radius 2 is 1.81 bits per heavy atom. The van der Waals surface area contributed by atoms with Gasteiger partial charge in [0.05, 0.1) is 5.39 Å². The van der Waals surface area contributed by atoms with E-state index >= 15 is 0 Å². The van der Waals surface area contributed by atoms with E-state index in [1.54, 1.807) is 24.3 Å². The van der Waals surface area contributed by atoms with E-state index in [1.165, 1.54) is 6.42 Å². The Morgan fingerprint density at radius 3 is 2.52 bits per heavy atom. The number of H-pyrrole nitrogens is 1. The Bertz CT molecular complexity index is 730. The molecule has 0 spiro atoms. The van der Waals surface area contributed by atoms with E-state index < -0.39 is 5.91 Å².